The third kappa shape index (κ3) is 7.31. The summed E-state index contributed by atoms with van der Waals surface area (Å²) in [6.07, 6.45) is 4.96. The van der Waals surface area contributed by atoms with Crippen LogP contribution in [0.25, 0.3) is 0 Å². The summed E-state index contributed by atoms with van der Waals surface area (Å²) in [6.45, 7) is 6.43. The van der Waals surface area contributed by atoms with Crippen LogP contribution in [0.1, 0.15) is 57.4 Å². The Morgan fingerprint density at radius 3 is 2.46 bits per heavy atom. The van der Waals surface area contributed by atoms with Crippen LogP contribution in [0.2, 0.25) is 0 Å². The number of hydrogen-bond acceptors (Lipinski definition) is 3. The van der Waals surface area contributed by atoms with Gasteiger partial charge in [0.15, 0.2) is 5.96 Å². The van der Waals surface area contributed by atoms with Crippen LogP contribution in [0.3, 0.4) is 0 Å². The second-order valence-corrected chi connectivity index (χ2v) is 7.02. The third-order valence-corrected chi connectivity index (χ3v) is 4.96. The number of nitrogens with zero attached hydrogens (tertiary/aromatic N) is 1. The Bertz CT molecular complexity index is 542. The Kier molecular flexibility index (Phi) is 10.3. The zero-order chi connectivity index (χ0) is 18.1. The molecule has 0 radical (unpaired) electrons. The van der Waals surface area contributed by atoms with Gasteiger partial charge < -0.3 is 20.5 Å². The second-order valence-electron chi connectivity index (χ2n) is 7.02. The molecule has 1 aliphatic carbocycles. The first-order valence-corrected chi connectivity index (χ1v) is 9.45. The van der Waals surface area contributed by atoms with Crippen LogP contribution in [0, 0.1) is 0 Å². The fourth-order valence-electron chi connectivity index (χ4n) is 3.27. The lowest BCUT2D eigenvalue weighted by atomic mass is 9.98. The maximum atomic E-state index is 10.4. The van der Waals surface area contributed by atoms with Crippen LogP contribution in [0.5, 0.6) is 5.75 Å². The van der Waals surface area contributed by atoms with Gasteiger partial charge in [0, 0.05) is 13.1 Å². The summed E-state index contributed by atoms with van der Waals surface area (Å²) < 4.78 is 5.21. The average molecular weight is 475 g/mol. The molecular weight excluding hydrogens is 441 g/mol. The molecule has 0 aliphatic heterocycles. The van der Waals surface area contributed by atoms with Crippen molar-refractivity contribution in [3.8, 4) is 5.75 Å². The van der Waals surface area contributed by atoms with Gasteiger partial charge in [-0.05, 0) is 49.8 Å². The van der Waals surface area contributed by atoms with Gasteiger partial charge in [0.25, 0.3) is 0 Å². The van der Waals surface area contributed by atoms with Crippen molar-refractivity contribution in [2.75, 3.05) is 26.7 Å². The number of guanidine groups is 1. The van der Waals surface area contributed by atoms with E-state index >= 15 is 0 Å². The number of nitrogens with one attached hydrogen (secondary N) is 2. The number of rotatable bonds is 8. The number of ether oxygens (including phenoxy) is 1. The highest BCUT2D eigenvalue weighted by atomic mass is 127. The third-order valence-electron chi connectivity index (χ3n) is 4.96. The van der Waals surface area contributed by atoms with Gasteiger partial charge in [-0.15, -0.1) is 24.0 Å². The fourth-order valence-corrected chi connectivity index (χ4v) is 3.27. The SMILES string of the molecule is CCNC(=NCC1(O)CCCC1)NCCC(C)c1ccc(OC)cc1.I. The predicted octanol–water partition coefficient (Wildman–Crippen LogP) is 3.67. The van der Waals surface area contributed by atoms with Crippen LogP contribution in [-0.2, 0) is 0 Å². The first-order chi connectivity index (χ1) is 12.1. The normalized spacial score (nSPS) is 17.3. The minimum atomic E-state index is -0.598. The predicted molar refractivity (Wildman–Crippen MR) is 119 cm³/mol. The largest absolute Gasteiger partial charge is 0.497 e. The van der Waals surface area contributed by atoms with Crippen molar-refractivity contribution in [3.05, 3.63) is 29.8 Å². The van der Waals surface area contributed by atoms with Crippen molar-refractivity contribution >= 4 is 29.9 Å². The number of aliphatic imine (C=N–C) groups is 1. The van der Waals surface area contributed by atoms with Gasteiger partial charge in [-0.1, -0.05) is 31.9 Å². The minimum absolute atomic E-state index is 0. The van der Waals surface area contributed by atoms with Crippen LogP contribution < -0.4 is 15.4 Å². The van der Waals surface area contributed by atoms with Crippen LogP contribution in [0.15, 0.2) is 29.3 Å². The molecule has 5 nitrogen and oxygen atoms in total. The van der Waals surface area contributed by atoms with E-state index in [0.717, 1.165) is 56.9 Å². The van der Waals surface area contributed by atoms with Crippen LogP contribution in [0.4, 0.5) is 0 Å². The molecule has 1 aromatic rings. The standard InChI is InChI=1S/C20H33N3O2.HI/c1-4-21-19(23-15-20(24)12-5-6-13-20)22-14-11-16(2)17-7-9-18(25-3)10-8-17;/h7-10,16,24H,4-6,11-15H2,1-3H3,(H2,21,22,23);1H. The lowest BCUT2D eigenvalue weighted by molar-refractivity contribution is 0.0574. The molecule has 6 heteroatoms. The van der Waals surface area contributed by atoms with E-state index in [4.69, 9.17) is 4.74 Å². The summed E-state index contributed by atoms with van der Waals surface area (Å²) in [6, 6.07) is 8.26. The van der Waals surface area contributed by atoms with Crippen molar-refractivity contribution in [2.45, 2.75) is 57.5 Å². The molecule has 3 N–H and O–H groups in total. The molecule has 1 fully saturated rings. The smallest absolute Gasteiger partial charge is 0.191 e. The molecule has 0 aromatic heterocycles. The molecule has 1 unspecified atom stereocenters. The highest BCUT2D eigenvalue weighted by Gasteiger charge is 2.30. The number of aliphatic hydroxyl groups is 1. The summed E-state index contributed by atoms with van der Waals surface area (Å²) >= 11 is 0. The number of halogens is 1. The molecule has 1 aliphatic rings. The van der Waals surface area contributed by atoms with Gasteiger partial charge in [0.2, 0.25) is 0 Å². The zero-order valence-electron chi connectivity index (χ0n) is 16.3. The molecule has 1 atom stereocenters. The molecule has 148 valence electrons. The molecule has 0 amide bonds. The van der Waals surface area contributed by atoms with Crippen LogP contribution >= 0.6 is 24.0 Å². The molecule has 26 heavy (non-hydrogen) atoms. The van der Waals surface area contributed by atoms with Gasteiger partial charge >= 0.3 is 0 Å². The van der Waals surface area contributed by atoms with E-state index in [-0.39, 0.29) is 24.0 Å². The lowest BCUT2D eigenvalue weighted by Gasteiger charge is -2.21. The molecule has 0 saturated heterocycles. The molecule has 1 saturated carbocycles. The molecule has 0 heterocycles. The summed E-state index contributed by atoms with van der Waals surface area (Å²) in [5.41, 5.74) is 0.712. The van der Waals surface area contributed by atoms with Gasteiger partial charge in [-0.25, -0.2) is 0 Å². The fraction of sp³-hybridized carbons (Fsp3) is 0.650. The van der Waals surface area contributed by atoms with E-state index in [0.29, 0.717) is 12.5 Å². The minimum Gasteiger partial charge on any atom is -0.497 e. The maximum Gasteiger partial charge on any atom is 0.191 e. The van der Waals surface area contributed by atoms with E-state index in [1.807, 2.05) is 12.1 Å². The second kappa shape index (κ2) is 11.6. The highest BCUT2D eigenvalue weighted by molar-refractivity contribution is 14.0. The zero-order valence-corrected chi connectivity index (χ0v) is 18.6. The van der Waals surface area contributed by atoms with Crippen LogP contribution in [-0.4, -0.2) is 43.4 Å². The molecular formula is C20H34IN3O2. The lowest BCUT2D eigenvalue weighted by Crippen LogP contribution is -2.40. The number of benzene rings is 1. The number of hydrogen-bond donors (Lipinski definition) is 3. The van der Waals surface area contributed by atoms with E-state index in [1.165, 1.54) is 5.56 Å². The van der Waals surface area contributed by atoms with E-state index < -0.39 is 5.60 Å². The monoisotopic (exact) mass is 475 g/mol. The maximum absolute atomic E-state index is 10.4. The Morgan fingerprint density at radius 1 is 1.23 bits per heavy atom. The molecule has 2 rings (SSSR count). The molecule has 0 bridgehead atoms. The summed E-state index contributed by atoms with van der Waals surface area (Å²) in [5.74, 6) is 2.14. The van der Waals surface area contributed by atoms with Crippen molar-refractivity contribution in [2.24, 2.45) is 4.99 Å². The quantitative estimate of drug-likeness (QED) is 0.305. The van der Waals surface area contributed by atoms with E-state index in [9.17, 15) is 5.11 Å². The summed E-state index contributed by atoms with van der Waals surface area (Å²) in [4.78, 5) is 4.59. The number of methoxy groups -OCH3 is 1. The van der Waals surface area contributed by atoms with Gasteiger partial charge in [-0.3, -0.25) is 4.99 Å². The Labute approximate surface area is 175 Å². The summed E-state index contributed by atoms with van der Waals surface area (Å²) in [5, 5.41) is 17.1. The highest BCUT2D eigenvalue weighted by Crippen LogP contribution is 2.29. The van der Waals surface area contributed by atoms with Crippen molar-refractivity contribution < 1.29 is 9.84 Å². The van der Waals surface area contributed by atoms with Crippen molar-refractivity contribution in [3.63, 3.8) is 0 Å². The molecule has 1 aromatic carbocycles. The van der Waals surface area contributed by atoms with Crippen molar-refractivity contribution in [1.29, 1.82) is 0 Å². The first-order valence-electron chi connectivity index (χ1n) is 9.45. The Hall–Kier alpha value is -1.02. The average Bonchev–Trinajstić information content (AvgIpc) is 3.06. The van der Waals surface area contributed by atoms with Gasteiger partial charge in [-0.2, -0.15) is 0 Å². The van der Waals surface area contributed by atoms with E-state index in [1.54, 1.807) is 7.11 Å². The topological polar surface area (TPSA) is 65.9 Å². The van der Waals surface area contributed by atoms with Gasteiger partial charge in [0.1, 0.15) is 5.75 Å². The van der Waals surface area contributed by atoms with Gasteiger partial charge in [0.05, 0.1) is 19.3 Å². The van der Waals surface area contributed by atoms with E-state index in [2.05, 4.69) is 41.6 Å². The Balaban J connectivity index is 0.00000338. The summed E-state index contributed by atoms with van der Waals surface area (Å²) in [7, 11) is 1.69. The first kappa shape index (κ1) is 23.0. The Morgan fingerprint density at radius 2 is 1.88 bits per heavy atom. The molecule has 0 spiro atoms. The van der Waals surface area contributed by atoms with Crippen molar-refractivity contribution in [1.82, 2.24) is 10.6 Å².